The second-order valence-corrected chi connectivity index (χ2v) is 10.0. The molecule has 4 aromatic rings. The van der Waals surface area contributed by atoms with Crippen LogP contribution in [0, 0.1) is 5.82 Å². The number of rotatable bonds is 9. The number of aromatic nitrogens is 4. The number of H-pyrrole nitrogens is 1. The van der Waals surface area contributed by atoms with Crippen LogP contribution in [-0.4, -0.2) is 80.2 Å². The first-order chi connectivity index (χ1) is 18.9. The van der Waals surface area contributed by atoms with Crippen molar-refractivity contribution in [1.29, 1.82) is 0 Å². The van der Waals surface area contributed by atoms with E-state index in [0.717, 1.165) is 70.9 Å². The van der Waals surface area contributed by atoms with E-state index >= 15 is 0 Å². The number of nitrogens with one attached hydrogen (secondary N) is 1. The van der Waals surface area contributed by atoms with Crippen LogP contribution >= 0.6 is 0 Å². The van der Waals surface area contributed by atoms with E-state index in [4.69, 9.17) is 0 Å². The molecule has 1 aliphatic rings. The number of aromatic amines is 1. The summed E-state index contributed by atoms with van der Waals surface area (Å²) in [5.41, 5.74) is 6.33. The second kappa shape index (κ2) is 11.8. The van der Waals surface area contributed by atoms with Gasteiger partial charge in [-0.25, -0.2) is 9.37 Å². The van der Waals surface area contributed by atoms with Gasteiger partial charge in [0.25, 0.3) is 0 Å². The first-order valence-electron chi connectivity index (χ1n) is 13.1. The molecule has 1 unspecified atom stereocenters. The number of aliphatic hydroxyl groups is 1. The summed E-state index contributed by atoms with van der Waals surface area (Å²) in [6.07, 6.45) is 11.2. The molecule has 0 amide bonds. The van der Waals surface area contributed by atoms with E-state index < -0.39 is 0 Å². The minimum absolute atomic E-state index is 0.255. The number of allylic oxidation sites excluding steroid dienone is 3. The van der Waals surface area contributed by atoms with Gasteiger partial charge in [-0.15, -0.1) is 0 Å². The van der Waals surface area contributed by atoms with Gasteiger partial charge in [-0.2, -0.15) is 5.10 Å². The van der Waals surface area contributed by atoms with Crippen LogP contribution in [0.4, 0.5) is 4.39 Å². The van der Waals surface area contributed by atoms with E-state index in [-0.39, 0.29) is 11.9 Å². The standard InChI is InChI=1S/C30H34FN7O/c1-21(37-11-9-36(10-12-37)18-22(2)39)7-8-29(32-3)24-14-27-28(17-34-30(27)33-15-24)25-16-35-38(20-25)19-23-5-4-6-26(31)13-23/h4-8,13-17,20,22,39H,3,9-12,18-19H2,1-2H3,(H,33,34). The Bertz CT molecular complexity index is 1510. The van der Waals surface area contributed by atoms with Gasteiger partial charge in [0.1, 0.15) is 11.5 Å². The highest BCUT2D eigenvalue weighted by Gasteiger charge is 2.18. The molecular formula is C30H34FN7O. The Morgan fingerprint density at radius 2 is 2.03 bits per heavy atom. The Morgan fingerprint density at radius 3 is 2.77 bits per heavy atom. The Morgan fingerprint density at radius 1 is 1.21 bits per heavy atom. The smallest absolute Gasteiger partial charge is 0.137 e. The van der Waals surface area contributed by atoms with E-state index in [1.54, 1.807) is 16.9 Å². The number of nitrogens with zero attached hydrogens (tertiary/aromatic N) is 6. The maximum absolute atomic E-state index is 13.6. The molecule has 1 fully saturated rings. The second-order valence-electron chi connectivity index (χ2n) is 10.0. The summed E-state index contributed by atoms with van der Waals surface area (Å²) in [5, 5.41) is 15.1. The molecule has 39 heavy (non-hydrogen) atoms. The first-order valence-corrected chi connectivity index (χ1v) is 13.1. The van der Waals surface area contributed by atoms with Crippen LogP contribution in [0.1, 0.15) is 25.0 Å². The largest absolute Gasteiger partial charge is 0.392 e. The van der Waals surface area contributed by atoms with Gasteiger partial charge in [0.15, 0.2) is 0 Å². The van der Waals surface area contributed by atoms with Crippen LogP contribution in [0.3, 0.4) is 0 Å². The molecule has 0 bridgehead atoms. The number of hydrogen-bond donors (Lipinski definition) is 2. The van der Waals surface area contributed by atoms with E-state index in [0.29, 0.717) is 13.1 Å². The molecule has 3 aromatic heterocycles. The van der Waals surface area contributed by atoms with Crippen LogP contribution in [0.25, 0.3) is 27.9 Å². The molecule has 0 saturated carbocycles. The van der Waals surface area contributed by atoms with Gasteiger partial charge in [0.05, 0.1) is 24.5 Å². The minimum Gasteiger partial charge on any atom is -0.392 e. The summed E-state index contributed by atoms with van der Waals surface area (Å²) in [6.45, 7) is 12.6. The van der Waals surface area contributed by atoms with Crippen LogP contribution in [0.15, 0.2) is 78.0 Å². The van der Waals surface area contributed by atoms with Gasteiger partial charge in [-0.1, -0.05) is 12.1 Å². The zero-order valence-corrected chi connectivity index (χ0v) is 22.4. The van der Waals surface area contributed by atoms with Crippen molar-refractivity contribution in [2.45, 2.75) is 26.5 Å². The molecule has 0 radical (unpaired) electrons. The number of pyridine rings is 1. The van der Waals surface area contributed by atoms with E-state index in [9.17, 15) is 9.50 Å². The van der Waals surface area contributed by atoms with Gasteiger partial charge in [0.2, 0.25) is 0 Å². The molecular weight excluding hydrogens is 493 g/mol. The highest BCUT2D eigenvalue weighted by Crippen LogP contribution is 2.30. The van der Waals surface area contributed by atoms with Crippen molar-refractivity contribution in [2.75, 3.05) is 32.7 Å². The predicted molar refractivity (Wildman–Crippen MR) is 154 cm³/mol. The number of hydrogen-bond acceptors (Lipinski definition) is 6. The molecule has 8 nitrogen and oxygen atoms in total. The fraction of sp³-hybridized carbons (Fsp3) is 0.300. The molecule has 5 rings (SSSR count). The number of β-amino-alcohol motifs (C(OH)–C–C–N with tert-alkyl or cyclic N) is 1. The molecule has 4 heterocycles. The van der Waals surface area contributed by atoms with Crippen molar-refractivity contribution in [3.05, 3.63) is 89.9 Å². The van der Waals surface area contributed by atoms with Crippen molar-refractivity contribution >= 4 is 23.4 Å². The fourth-order valence-electron chi connectivity index (χ4n) is 5.00. The molecule has 1 saturated heterocycles. The average molecular weight is 528 g/mol. The van der Waals surface area contributed by atoms with Gasteiger partial charge in [-0.05, 0) is 56.5 Å². The predicted octanol–water partition coefficient (Wildman–Crippen LogP) is 4.56. The monoisotopic (exact) mass is 527 g/mol. The van der Waals surface area contributed by atoms with Crippen molar-refractivity contribution in [3.63, 3.8) is 0 Å². The Balaban J connectivity index is 1.33. The third-order valence-corrected chi connectivity index (χ3v) is 7.05. The lowest BCUT2D eigenvalue weighted by Gasteiger charge is -2.36. The summed E-state index contributed by atoms with van der Waals surface area (Å²) in [4.78, 5) is 16.8. The zero-order valence-electron chi connectivity index (χ0n) is 22.4. The topological polar surface area (TPSA) is 85.6 Å². The Hall–Kier alpha value is -4.08. The number of aliphatic imine (C=N–C) groups is 1. The van der Waals surface area contributed by atoms with E-state index in [1.165, 1.54) is 12.1 Å². The molecule has 202 valence electrons. The van der Waals surface area contributed by atoms with Crippen LogP contribution in [0.5, 0.6) is 0 Å². The molecule has 0 spiro atoms. The summed E-state index contributed by atoms with van der Waals surface area (Å²) in [5.74, 6) is -0.255. The van der Waals surface area contributed by atoms with Crippen molar-refractivity contribution in [2.24, 2.45) is 4.99 Å². The maximum atomic E-state index is 13.6. The molecule has 1 atom stereocenters. The summed E-state index contributed by atoms with van der Waals surface area (Å²) < 4.78 is 15.4. The van der Waals surface area contributed by atoms with Crippen molar-refractivity contribution in [3.8, 4) is 11.1 Å². The van der Waals surface area contributed by atoms with Gasteiger partial charge in [-0.3, -0.25) is 14.6 Å². The Kier molecular flexibility index (Phi) is 7.99. The van der Waals surface area contributed by atoms with Crippen LogP contribution in [-0.2, 0) is 6.54 Å². The molecule has 0 aliphatic carbocycles. The van der Waals surface area contributed by atoms with E-state index in [1.807, 2.05) is 37.7 Å². The minimum atomic E-state index is -0.305. The third kappa shape index (κ3) is 6.32. The van der Waals surface area contributed by atoms with Crippen LogP contribution in [0.2, 0.25) is 0 Å². The lowest BCUT2D eigenvalue weighted by Crippen LogP contribution is -2.47. The molecule has 1 aromatic carbocycles. The number of aliphatic hydroxyl groups excluding tert-OH is 1. The fourth-order valence-corrected chi connectivity index (χ4v) is 5.00. The summed E-state index contributed by atoms with van der Waals surface area (Å²) >= 11 is 0. The van der Waals surface area contributed by atoms with Gasteiger partial charge < -0.3 is 15.0 Å². The highest BCUT2D eigenvalue weighted by molar-refractivity contribution is 5.95. The highest BCUT2D eigenvalue weighted by atomic mass is 19.1. The number of halogens is 1. The number of fused-ring (bicyclic) bond motifs is 1. The Labute approximate surface area is 227 Å². The van der Waals surface area contributed by atoms with Crippen molar-refractivity contribution in [1.82, 2.24) is 29.5 Å². The molecule has 9 heteroatoms. The number of piperazine rings is 1. The SMILES string of the molecule is C=NC(=CC=C(C)N1CCN(CC(C)O)CC1)c1cnc2[nH]cc(-c3cnn(Cc4cccc(F)c4)c3)c2c1. The van der Waals surface area contributed by atoms with E-state index in [2.05, 4.69) is 55.6 Å². The lowest BCUT2D eigenvalue weighted by atomic mass is 10.1. The number of benzene rings is 1. The first kappa shape index (κ1) is 26.5. The summed E-state index contributed by atoms with van der Waals surface area (Å²) in [7, 11) is 0. The quantitative estimate of drug-likeness (QED) is 0.246. The molecule has 1 aliphatic heterocycles. The van der Waals surface area contributed by atoms with Crippen LogP contribution < -0.4 is 0 Å². The third-order valence-electron chi connectivity index (χ3n) is 7.05. The maximum Gasteiger partial charge on any atom is 0.137 e. The van der Waals surface area contributed by atoms with Crippen molar-refractivity contribution < 1.29 is 9.50 Å². The average Bonchev–Trinajstić information content (AvgIpc) is 3.55. The zero-order chi connectivity index (χ0) is 27.4. The normalized spacial score (nSPS) is 16.2. The molecule has 2 N–H and O–H groups in total. The van der Waals surface area contributed by atoms with Gasteiger partial charge in [0, 0.05) is 79.1 Å². The van der Waals surface area contributed by atoms with Gasteiger partial charge >= 0.3 is 0 Å². The summed E-state index contributed by atoms with van der Waals surface area (Å²) in [6, 6.07) is 8.62. The lowest BCUT2D eigenvalue weighted by molar-refractivity contribution is 0.0921.